The zero-order valence-corrected chi connectivity index (χ0v) is 15.5. The number of thiazole rings is 1. The number of halogens is 1. The van der Waals surface area contributed by atoms with Crippen molar-refractivity contribution < 1.29 is 4.42 Å². The van der Waals surface area contributed by atoms with Crippen LogP contribution in [0.5, 0.6) is 0 Å². The molecule has 0 aromatic carbocycles. The second-order valence-corrected chi connectivity index (χ2v) is 7.90. The lowest BCUT2D eigenvalue weighted by atomic mass is 9.93. The van der Waals surface area contributed by atoms with Gasteiger partial charge in [-0.3, -0.25) is 0 Å². The van der Waals surface area contributed by atoms with E-state index in [1.807, 2.05) is 6.07 Å². The maximum Gasteiger partial charge on any atom is 0.173 e. The Morgan fingerprint density at radius 2 is 2.19 bits per heavy atom. The van der Waals surface area contributed by atoms with Crippen LogP contribution in [0.15, 0.2) is 26.8 Å². The average molecular weight is 371 g/mol. The minimum atomic E-state index is 0.108. The first-order valence-corrected chi connectivity index (χ1v) is 9.00. The van der Waals surface area contributed by atoms with E-state index in [-0.39, 0.29) is 11.5 Å². The van der Waals surface area contributed by atoms with E-state index in [1.54, 1.807) is 17.6 Å². The summed E-state index contributed by atoms with van der Waals surface area (Å²) in [6, 6.07) is 2.26. The summed E-state index contributed by atoms with van der Waals surface area (Å²) in [5, 5.41) is 6.93. The molecule has 21 heavy (non-hydrogen) atoms. The molecule has 0 saturated heterocycles. The SMILES string of the molecule is CCCNC(Cc1nc(C(C)(C)C)cs1)c1ccoc1Br. The molecule has 0 aliphatic carbocycles. The highest BCUT2D eigenvalue weighted by atomic mass is 79.9. The monoisotopic (exact) mass is 370 g/mol. The molecule has 0 aliphatic rings. The van der Waals surface area contributed by atoms with Crippen molar-refractivity contribution in [3.05, 3.63) is 38.6 Å². The maximum absolute atomic E-state index is 5.38. The molecular weight excluding hydrogens is 348 g/mol. The van der Waals surface area contributed by atoms with E-state index in [0.29, 0.717) is 0 Å². The minimum absolute atomic E-state index is 0.108. The lowest BCUT2D eigenvalue weighted by molar-refractivity contribution is 0.495. The molecule has 1 unspecified atom stereocenters. The van der Waals surface area contributed by atoms with Crippen molar-refractivity contribution in [3.63, 3.8) is 0 Å². The highest BCUT2D eigenvalue weighted by Crippen LogP contribution is 2.30. The van der Waals surface area contributed by atoms with Gasteiger partial charge in [-0.1, -0.05) is 27.7 Å². The van der Waals surface area contributed by atoms with E-state index >= 15 is 0 Å². The molecule has 116 valence electrons. The maximum atomic E-state index is 5.38. The number of rotatable bonds is 6. The second-order valence-electron chi connectivity index (χ2n) is 6.24. The van der Waals surface area contributed by atoms with Crippen molar-refractivity contribution in [2.75, 3.05) is 6.54 Å². The molecule has 2 rings (SSSR count). The van der Waals surface area contributed by atoms with E-state index in [9.17, 15) is 0 Å². The van der Waals surface area contributed by atoms with Crippen LogP contribution >= 0.6 is 27.3 Å². The number of hydrogen-bond donors (Lipinski definition) is 1. The Bertz CT molecular complexity index is 571. The molecule has 0 spiro atoms. The molecule has 2 aromatic rings. The Hall–Kier alpha value is -0.650. The van der Waals surface area contributed by atoms with E-state index in [4.69, 9.17) is 9.40 Å². The molecule has 1 atom stereocenters. The normalized spacial score (nSPS) is 13.6. The van der Waals surface area contributed by atoms with E-state index < -0.39 is 0 Å². The third kappa shape index (κ3) is 4.41. The van der Waals surface area contributed by atoms with E-state index in [2.05, 4.69) is 54.3 Å². The molecule has 0 radical (unpaired) electrons. The van der Waals surface area contributed by atoms with Gasteiger partial charge in [0.1, 0.15) is 0 Å². The third-order valence-corrected chi connectivity index (χ3v) is 4.88. The first-order valence-electron chi connectivity index (χ1n) is 7.33. The van der Waals surface area contributed by atoms with Crippen molar-refractivity contribution >= 4 is 27.3 Å². The lowest BCUT2D eigenvalue weighted by Crippen LogP contribution is -2.24. The van der Waals surface area contributed by atoms with E-state index in [1.165, 1.54) is 10.7 Å². The van der Waals surface area contributed by atoms with Gasteiger partial charge in [-0.15, -0.1) is 11.3 Å². The van der Waals surface area contributed by atoms with Crippen LogP contribution in [0.3, 0.4) is 0 Å². The van der Waals surface area contributed by atoms with Crippen LogP contribution in [0.4, 0.5) is 0 Å². The molecule has 0 bridgehead atoms. The van der Waals surface area contributed by atoms with Crippen LogP contribution in [0, 0.1) is 0 Å². The standard InChI is InChI=1S/C16H23BrN2OS/c1-5-7-18-12(11-6-8-20-15(11)17)9-14-19-13(10-21-14)16(2,3)4/h6,8,10,12,18H,5,7,9H2,1-4H3. The van der Waals surface area contributed by atoms with Crippen molar-refractivity contribution in [1.29, 1.82) is 0 Å². The highest BCUT2D eigenvalue weighted by molar-refractivity contribution is 9.10. The van der Waals surface area contributed by atoms with Gasteiger partial charge in [0.25, 0.3) is 0 Å². The fraction of sp³-hybridized carbons (Fsp3) is 0.562. The first kappa shape index (κ1) is 16.7. The van der Waals surface area contributed by atoms with Crippen LogP contribution in [-0.2, 0) is 11.8 Å². The summed E-state index contributed by atoms with van der Waals surface area (Å²) in [5.41, 5.74) is 2.44. The Kier molecular flexibility index (Phi) is 5.63. The summed E-state index contributed by atoms with van der Waals surface area (Å²) < 4.78 is 6.19. The molecule has 1 N–H and O–H groups in total. The van der Waals surface area contributed by atoms with Gasteiger partial charge in [-0.2, -0.15) is 0 Å². The predicted octanol–water partition coefficient (Wildman–Crippen LogP) is 5.08. The summed E-state index contributed by atoms with van der Waals surface area (Å²) in [5.74, 6) is 0. The largest absolute Gasteiger partial charge is 0.457 e. The molecular formula is C16H23BrN2OS. The van der Waals surface area contributed by atoms with Crippen LogP contribution in [0.2, 0.25) is 0 Å². The van der Waals surface area contributed by atoms with Crippen LogP contribution in [-0.4, -0.2) is 11.5 Å². The Morgan fingerprint density at radius 1 is 1.43 bits per heavy atom. The van der Waals surface area contributed by atoms with Gasteiger partial charge in [-0.25, -0.2) is 4.98 Å². The van der Waals surface area contributed by atoms with Gasteiger partial charge in [-0.05, 0) is 35.0 Å². The summed E-state index contributed by atoms with van der Waals surface area (Å²) >= 11 is 5.23. The average Bonchev–Trinajstić information content (AvgIpc) is 3.02. The Balaban J connectivity index is 2.15. The van der Waals surface area contributed by atoms with Gasteiger partial charge in [0.15, 0.2) is 4.67 Å². The molecule has 2 heterocycles. The van der Waals surface area contributed by atoms with Gasteiger partial charge in [0.05, 0.1) is 17.0 Å². The second kappa shape index (κ2) is 7.07. The minimum Gasteiger partial charge on any atom is -0.457 e. The fourth-order valence-electron chi connectivity index (χ4n) is 2.09. The van der Waals surface area contributed by atoms with Gasteiger partial charge < -0.3 is 9.73 Å². The summed E-state index contributed by atoms with van der Waals surface area (Å²) in [7, 11) is 0. The summed E-state index contributed by atoms with van der Waals surface area (Å²) in [6.45, 7) is 9.76. The smallest absolute Gasteiger partial charge is 0.173 e. The van der Waals surface area contributed by atoms with Crippen LogP contribution in [0.25, 0.3) is 0 Å². The highest BCUT2D eigenvalue weighted by Gasteiger charge is 2.21. The number of nitrogens with zero attached hydrogens (tertiary/aromatic N) is 1. The molecule has 0 saturated carbocycles. The van der Waals surface area contributed by atoms with Crippen molar-refractivity contribution in [1.82, 2.24) is 10.3 Å². The van der Waals surface area contributed by atoms with E-state index in [0.717, 1.165) is 29.6 Å². The number of furan rings is 1. The molecule has 5 heteroatoms. The Labute approximate surface area is 139 Å². The van der Waals surface area contributed by atoms with Crippen LogP contribution < -0.4 is 5.32 Å². The van der Waals surface area contributed by atoms with Gasteiger partial charge in [0.2, 0.25) is 0 Å². The lowest BCUT2D eigenvalue weighted by Gasteiger charge is -2.17. The molecule has 3 nitrogen and oxygen atoms in total. The topological polar surface area (TPSA) is 38.1 Å². The zero-order valence-electron chi connectivity index (χ0n) is 13.1. The van der Waals surface area contributed by atoms with Gasteiger partial charge in [0, 0.05) is 28.8 Å². The molecule has 2 aromatic heterocycles. The summed E-state index contributed by atoms with van der Waals surface area (Å²) in [6.07, 6.45) is 3.72. The molecule has 0 fully saturated rings. The number of nitrogens with one attached hydrogen (secondary N) is 1. The third-order valence-electron chi connectivity index (χ3n) is 3.36. The van der Waals surface area contributed by atoms with Crippen LogP contribution in [0.1, 0.15) is 56.4 Å². The van der Waals surface area contributed by atoms with Gasteiger partial charge >= 0.3 is 0 Å². The predicted molar refractivity (Wildman–Crippen MR) is 92.0 cm³/mol. The van der Waals surface area contributed by atoms with Crippen molar-refractivity contribution in [2.45, 2.75) is 52.0 Å². The number of hydrogen-bond acceptors (Lipinski definition) is 4. The van der Waals surface area contributed by atoms with Crippen molar-refractivity contribution in [3.8, 4) is 0 Å². The Morgan fingerprint density at radius 3 is 2.71 bits per heavy atom. The molecule has 0 amide bonds. The summed E-state index contributed by atoms with van der Waals surface area (Å²) in [4.78, 5) is 4.80. The number of aromatic nitrogens is 1. The fourth-order valence-corrected chi connectivity index (χ4v) is 3.67. The first-order chi connectivity index (χ1) is 9.91. The van der Waals surface area contributed by atoms with Crippen molar-refractivity contribution in [2.24, 2.45) is 0 Å². The zero-order chi connectivity index (χ0) is 15.5. The molecule has 0 aliphatic heterocycles. The quantitative estimate of drug-likeness (QED) is 0.770.